The number of aromatic nitrogens is 3. The summed E-state index contributed by atoms with van der Waals surface area (Å²) in [6.07, 6.45) is 3.79. The molecule has 0 saturated carbocycles. The fourth-order valence-corrected chi connectivity index (χ4v) is 4.50. The van der Waals surface area contributed by atoms with Crippen molar-refractivity contribution in [3.63, 3.8) is 0 Å². The van der Waals surface area contributed by atoms with Gasteiger partial charge in [0.15, 0.2) is 0 Å². The average molecular weight is 461 g/mol. The van der Waals surface area contributed by atoms with E-state index >= 15 is 0 Å². The van der Waals surface area contributed by atoms with Gasteiger partial charge < -0.3 is 14.6 Å². The maximum Gasteiger partial charge on any atom is 0.253 e. The third-order valence-electron chi connectivity index (χ3n) is 5.58. The molecule has 3 aromatic heterocycles. The number of carbonyl (C=O) groups excluding carboxylic acids is 1. The molecule has 170 valence electrons. The van der Waals surface area contributed by atoms with Gasteiger partial charge in [-0.25, -0.2) is 4.98 Å². The first-order valence-corrected chi connectivity index (χ1v) is 12.0. The van der Waals surface area contributed by atoms with E-state index in [9.17, 15) is 4.79 Å². The van der Waals surface area contributed by atoms with Crippen LogP contribution in [0.15, 0.2) is 60.1 Å². The lowest BCUT2D eigenvalue weighted by Gasteiger charge is -2.11. The van der Waals surface area contributed by atoms with Crippen LogP contribution in [0.5, 0.6) is 5.75 Å². The van der Waals surface area contributed by atoms with E-state index in [-0.39, 0.29) is 5.91 Å². The maximum atomic E-state index is 12.9. The minimum Gasteiger partial charge on any atom is -0.497 e. The summed E-state index contributed by atoms with van der Waals surface area (Å²) in [6.45, 7) is 5.34. The standard InChI is InChI=1S/C26H28N4O2S/c1-4-5-13-28-25(31)22-15-24(30(18(22)2)16-20-8-6-7-14-27-20)23-17-33-26(29-23)19-9-11-21(32-3)12-10-19/h6-12,14-15,17H,4-5,13,16H2,1-3H3,(H,28,31). The maximum absolute atomic E-state index is 12.9. The van der Waals surface area contributed by atoms with Crippen molar-refractivity contribution in [2.24, 2.45) is 0 Å². The molecule has 0 aliphatic heterocycles. The van der Waals surface area contributed by atoms with Gasteiger partial charge in [0.05, 0.1) is 36.3 Å². The van der Waals surface area contributed by atoms with Crippen molar-refractivity contribution in [1.29, 1.82) is 0 Å². The zero-order valence-electron chi connectivity index (χ0n) is 19.2. The normalized spacial score (nSPS) is 10.9. The number of nitrogens with zero attached hydrogens (tertiary/aromatic N) is 3. The first-order chi connectivity index (χ1) is 16.1. The first kappa shape index (κ1) is 22.7. The molecular formula is C26H28N4O2S. The van der Waals surface area contributed by atoms with Gasteiger partial charge in [-0.1, -0.05) is 19.4 Å². The fourth-order valence-electron chi connectivity index (χ4n) is 3.68. The Morgan fingerprint density at radius 3 is 2.70 bits per heavy atom. The van der Waals surface area contributed by atoms with Gasteiger partial charge in [0.1, 0.15) is 10.8 Å². The van der Waals surface area contributed by atoms with Gasteiger partial charge >= 0.3 is 0 Å². The monoisotopic (exact) mass is 460 g/mol. The number of hydrogen-bond acceptors (Lipinski definition) is 5. The number of amides is 1. The largest absolute Gasteiger partial charge is 0.497 e. The van der Waals surface area contributed by atoms with Crippen LogP contribution in [0, 0.1) is 6.92 Å². The smallest absolute Gasteiger partial charge is 0.253 e. The molecule has 4 rings (SSSR count). The lowest BCUT2D eigenvalue weighted by atomic mass is 10.2. The van der Waals surface area contributed by atoms with Crippen molar-refractivity contribution in [2.75, 3.05) is 13.7 Å². The number of carbonyl (C=O) groups is 1. The van der Waals surface area contributed by atoms with E-state index in [1.165, 1.54) is 0 Å². The van der Waals surface area contributed by atoms with Crippen LogP contribution in [0.1, 0.15) is 41.5 Å². The highest BCUT2D eigenvalue weighted by Crippen LogP contribution is 2.32. The molecule has 0 fully saturated rings. The molecule has 7 heteroatoms. The van der Waals surface area contributed by atoms with Crippen molar-refractivity contribution < 1.29 is 9.53 Å². The summed E-state index contributed by atoms with van der Waals surface area (Å²) < 4.78 is 7.39. The molecule has 3 heterocycles. The Hall–Kier alpha value is -3.45. The Kier molecular flexibility index (Phi) is 7.19. The molecule has 1 N–H and O–H groups in total. The predicted molar refractivity (Wildman–Crippen MR) is 133 cm³/mol. The minimum absolute atomic E-state index is 0.0485. The number of pyridine rings is 1. The Morgan fingerprint density at radius 1 is 1.18 bits per heavy atom. The summed E-state index contributed by atoms with van der Waals surface area (Å²) in [6, 6.07) is 15.7. The van der Waals surface area contributed by atoms with Crippen LogP contribution in [0.25, 0.3) is 22.0 Å². The SMILES string of the molecule is CCCCNC(=O)c1cc(-c2csc(-c3ccc(OC)cc3)n2)n(Cc2ccccn2)c1C. The van der Waals surface area contributed by atoms with Crippen molar-refractivity contribution in [2.45, 2.75) is 33.2 Å². The Bertz CT molecular complexity index is 1210. The zero-order valence-corrected chi connectivity index (χ0v) is 20.0. The summed E-state index contributed by atoms with van der Waals surface area (Å²) in [7, 11) is 1.66. The van der Waals surface area contributed by atoms with Crippen molar-refractivity contribution in [3.05, 3.63) is 77.1 Å². The quantitative estimate of drug-likeness (QED) is 0.332. The lowest BCUT2D eigenvalue weighted by Crippen LogP contribution is -2.24. The van der Waals surface area contributed by atoms with Crippen LogP contribution in [0.2, 0.25) is 0 Å². The van der Waals surface area contributed by atoms with Gasteiger partial charge in [-0.3, -0.25) is 9.78 Å². The molecule has 0 aliphatic carbocycles. The van der Waals surface area contributed by atoms with Gasteiger partial charge in [0.2, 0.25) is 0 Å². The molecule has 6 nitrogen and oxygen atoms in total. The number of rotatable bonds is 9. The number of nitrogens with one attached hydrogen (secondary N) is 1. The summed E-state index contributed by atoms with van der Waals surface area (Å²) >= 11 is 1.58. The van der Waals surface area contributed by atoms with Crippen molar-refractivity contribution in [1.82, 2.24) is 19.9 Å². The number of methoxy groups -OCH3 is 1. The van der Waals surface area contributed by atoms with E-state index in [0.717, 1.165) is 51.9 Å². The number of hydrogen-bond donors (Lipinski definition) is 1. The summed E-state index contributed by atoms with van der Waals surface area (Å²) in [5.41, 5.74) is 5.30. The average Bonchev–Trinajstić information content (AvgIpc) is 3.45. The molecule has 1 amide bonds. The summed E-state index contributed by atoms with van der Waals surface area (Å²) in [5, 5.41) is 6.01. The van der Waals surface area contributed by atoms with Crippen LogP contribution >= 0.6 is 11.3 Å². The molecule has 1 aromatic carbocycles. The number of thiazole rings is 1. The second-order valence-electron chi connectivity index (χ2n) is 7.81. The second-order valence-corrected chi connectivity index (χ2v) is 8.67. The molecule has 0 unspecified atom stereocenters. The van der Waals surface area contributed by atoms with Gasteiger partial charge in [0.25, 0.3) is 5.91 Å². The molecule has 0 bridgehead atoms. The van der Waals surface area contributed by atoms with Crippen molar-refractivity contribution in [3.8, 4) is 27.7 Å². The molecule has 33 heavy (non-hydrogen) atoms. The summed E-state index contributed by atoms with van der Waals surface area (Å²) in [5.74, 6) is 0.765. The van der Waals surface area contributed by atoms with Crippen LogP contribution in [-0.2, 0) is 6.54 Å². The number of unbranched alkanes of at least 4 members (excludes halogenated alkanes) is 1. The molecule has 0 spiro atoms. The van der Waals surface area contributed by atoms with E-state index in [1.54, 1.807) is 24.6 Å². The summed E-state index contributed by atoms with van der Waals surface area (Å²) in [4.78, 5) is 22.3. The van der Waals surface area contributed by atoms with Crippen LogP contribution in [0.4, 0.5) is 0 Å². The highest BCUT2D eigenvalue weighted by atomic mass is 32.1. The first-order valence-electron chi connectivity index (χ1n) is 11.1. The topological polar surface area (TPSA) is 69.0 Å². The van der Waals surface area contributed by atoms with Gasteiger partial charge in [-0.05, 0) is 55.8 Å². The van der Waals surface area contributed by atoms with Crippen LogP contribution in [-0.4, -0.2) is 34.1 Å². The molecule has 4 aromatic rings. The Morgan fingerprint density at radius 2 is 2.00 bits per heavy atom. The fraction of sp³-hybridized carbons (Fsp3) is 0.269. The third kappa shape index (κ3) is 5.14. The number of benzene rings is 1. The molecule has 0 saturated heterocycles. The van der Waals surface area contributed by atoms with Crippen molar-refractivity contribution >= 4 is 17.2 Å². The molecule has 0 aliphatic rings. The Labute approximate surface area is 198 Å². The molecule has 0 atom stereocenters. The van der Waals surface area contributed by atoms with E-state index in [2.05, 4.69) is 21.8 Å². The van der Waals surface area contributed by atoms with E-state index in [1.807, 2.05) is 60.8 Å². The lowest BCUT2D eigenvalue weighted by molar-refractivity contribution is 0.0952. The minimum atomic E-state index is -0.0485. The van der Waals surface area contributed by atoms with Crippen LogP contribution < -0.4 is 10.1 Å². The van der Waals surface area contributed by atoms with E-state index < -0.39 is 0 Å². The molecule has 0 radical (unpaired) electrons. The highest BCUT2D eigenvalue weighted by Gasteiger charge is 2.20. The Balaban J connectivity index is 1.70. The zero-order chi connectivity index (χ0) is 23.2. The molecular weight excluding hydrogens is 432 g/mol. The van der Waals surface area contributed by atoms with Gasteiger partial charge in [0, 0.05) is 29.4 Å². The van der Waals surface area contributed by atoms with E-state index in [4.69, 9.17) is 9.72 Å². The second kappa shape index (κ2) is 10.4. The van der Waals surface area contributed by atoms with Gasteiger partial charge in [-0.15, -0.1) is 11.3 Å². The highest BCUT2D eigenvalue weighted by molar-refractivity contribution is 7.13. The van der Waals surface area contributed by atoms with Gasteiger partial charge in [-0.2, -0.15) is 0 Å². The number of ether oxygens (including phenoxy) is 1. The van der Waals surface area contributed by atoms with Crippen LogP contribution in [0.3, 0.4) is 0 Å². The van der Waals surface area contributed by atoms with E-state index in [0.29, 0.717) is 18.7 Å². The third-order valence-corrected chi connectivity index (χ3v) is 6.47. The predicted octanol–water partition coefficient (Wildman–Crippen LogP) is 5.57.